The molecule has 0 amide bonds. The van der Waals surface area contributed by atoms with Gasteiger partial charge in [-0.05, 0) is 40.5 Å². The van der Waals surface area contributed by atoms with Crippen LogP contribution in [0.3, 0.4) is 0 Å². The number of fused-ring (bicyclic) bond motifs is 1. The molecule has 0 fully saturated rings. The number of anilines is 1. The molecule has 0 aromatic heterocycles. The number of rotatable bonds is 4. The van der Waals surface area contributed by atoms with Gasteiger partial charge in [0.15, 0.2) is 5.78 Å². The number of carbonyl (C=O) groups excluding carboxylic acids is 1. The van der Waals surface area contributed by atoms with E-state index in [9.17, 15) is 4.79 Å². The van der Waals surface area contributed by atoms with Gasteiger partial charge in [0.25, 0.3) is 0 Å². The topological polar surface area (TPSA) is 20.3 Å². The van der Waals surface area contributed by atoms with Crippen LogP contribution >= 0.6 is 0 Å². The first-order valence-electron chi connectivity index (χ1n) is 9.70. The summed E-state index contributed by atoms with van der Waals surface area (Å²) in [6.45, 7) is 0. The van der Waals surface area contributed by atoms with Gasteiger partial charge in [0, 0.05) is 30.9 Å². The second-order valence-electron chi connectivity index (χ2n) is 7.27. The number of hydrogen-bond acceptors (Lipinski definition) is 2. The van der Waals surface area contributed by atoms with Crippen molar-refractivity contribution in [2.24, 2.45) is 0 Å². The zero-order chi connectivity index (χ0) is 20.2. The van der Waals surface area contributed by atoms with Gasteiger partial charge in [-0.15, -0.1) is 0 Å². The summed E-state index contributed by atoms with van der Waals surface area (Å²) in [6, 6.07) is 26.3. The Bertz CT molecular complexity index is 1120. The van der Waals surface area contributed by atoms with E-state index in [0.717, 1.165) is 39.1 Å². The maximum Gasteiger partial charge on any atom is 0.194 e. The Morgan fingerprint density at radius 1 is 0.690 bits per heavy atom. The predicted octanol–water partition coefficient (Wildman–Crippen LogP) is 6.13. The van der Waals surface area contributed by atoms with Crippen molar-refractivity contribution < 1.29 is 4.79 Å². The molecule has 4 rings (SSSR count). The fourth-order valence-electron chi connectivity index (χ4n) is 3.50. The highest BCUT2D eigenvalue weighted by Gasteiger charge is 2.28. The van der Waals surface area contributed by atoms with Crippen LogP contribution in [0.25, 0.3) is 17.7 Å². The molecule has 0 heterocycles. The molecule has 0 saturated carbocycles. The maximum atomic E-state index is 13.0. The van der Waals surface area contributed by atoms with Crippen molar-refractivity contribution >= 4 is 29.2 Å². The molecule has 3 aromatic rings. The number of nitrogens with zero attached hydrogens (tertiary/aromatic N) is 1. The lowest BCUT2D eigenvalue weighted by Crippen LogP contribution is -2.07. The van der Waals surface area contributed by atoms with Gasteiger partial charge in [0.1, 0.15) is 0 Å². The summed E-state index contributed by atoms with van der Waals surface area (Å²) in [7, 11) is 4.05. The van der Waals surface area contributed by atoms with Crippen LogP contribution in [0, 0.1) is 0 Å². The Hall–Kier alpha value is -3.65. The molecule has 0 radical (unpaired) electrons. The molecule has 142 valence electrons. The van der Waals surface area contributed by atoms with Crippen LogP contribution in [0.5, 0.6) is 0 Å². The highest BCUT2D eigenvalue weighted by atomic mass is 16.1. The predicted molar refractivity (Wildman–Crippen MR) is 123 cm³/mol. The van der Waals surface area contributed by atoms with E-state index in [-0.39, 0.29) is 5.78 Å². The second-order valence-corrected chi connectivity index (χ2v) is 7.27. The van der Waals surface area contributed by atoms with Crippen molar-refractivity contribution in [2.45, 2.75) is 0 Å². The minimum absolute atomic E-state index is 0.0782. The lowest BCUT2D eigenvalue weighted by Gasteiger charge is -2.12. The quantitative estimate of drug-likeness (QED) is 0.510. The Morgan fingerprint density at radius 2 is 1.34 bits per heavy atom. The minimum Gasteiger partial charge on any atom is -0.378 e. The van der Waals surface area contributed by atoms with Crippen molar-refractivity contribution in [1.29, 1.82) is 0 Å². The first kappa shape index (κ1) is 18.7. The Balaban J connectivity index is 1.74. The SMILES string of the molecule is CN(C)c1ccc(C=C2C(=CC=Cc3ccccc3)C(=O)c3ccccc32)cc1. The van der Waals surface area contributed by atoms with Crippen LogP contribution in [0.2, 0.25) is 0 Å². The van der Waals surface area contributed by atoms with Gasteiger partial charge in [-0.25, -0.2) is 0 Å². The lowest BCUT2D eigenvalue weighted by molar-refractivity contribution is 0.104. The number of Topliss-reactive ketones (excluding diaryl/α,β-unsaturated/α-hetero) is 1. The molecule has 2 heteroatoms. The maximum absolute atomic E-state index is 13.0. The summed E-state index contributed by atoms with van der Waals surface area (Å²) in [6.07, 6.45) is 8.00. The smallest absolute Gasteiger partial charge is 0.194 e. The van der Waals surface area contributed by atoms with E-state index >= 15 is 0 Å². The molecular weight excluding hydrogens is 354 g/mol. The molecular formula is C27H23NO. The van der Waals surface area contributed by atoms with E-state index < -0.39 is 0 Å². The van der Waals surface area contributed by atoms with Crippen molar-refractivity contribution in [1.82, 2.24) is 0 Å². The highest BCUT2D eigenvalue weighted by molar-refractivity contribution is 6.28. The van der Waals surface area contributed by atoms with Gasteiger partial charge in [-0.3, -0.25) is 4.79 Å². The number of ketones is 1. The molecule has 2 nitrogen and oxygen atoms in total. The van der Waals surface area contributed by atoms with Crippen molar-refractivity contribution in [3.8, 4) is 0 Å². The van der Waals surface area contributed by atoms with Crippen molar-refractivity contribution in [3.63, 3.8) is 0 Å². The lowest BCUT2D eigenvalue weighted by atomic mass is 10.0. The largest absolute Gasteiger partial charge is 0.378 e. The van der Waals surface area contributed by atoms with Crippen molar-refractivity contribution in [3.05, 3.63) is 119 Å². The molecule has 0 N–H and O–H groups in total. The van der Waals surface area contributed by atoms with Crippen LogP contribution in [-0.4, -0.2) is 19.9 Å². The summed E-state index contributed by atoms with van der Waals surface area (Å²) < 4.78 is 0. The van der Waals surface area contributed by atoms with Crippen molar-refractivity contribution in [2.75, 3.05) is 19.0 Å². The van der Waals surface area contributed by atoms with E-state index in [2.05, 4.69) is 35.2 Å². The number of benzene rings is 3. The molecule has 29 heavy (non-hydrogen) atoms. The van der Waals surface area contributed by atoms with E-state index in [4.69, 9.17) is 0 Å². The summed E-state index contributed by atoms with van der Waals surface area (Å²) >= 11 is 0. The van der Waals surface area contributed by atoms with Crippen LogP contribution in [0.4, 0.5) is 5.69 Å². The van der Waals surface area contributed by atoms with Gasteiger partial charge in [0.05, 0.1) is 0 Å². The van der Waals surface area contributed by atoms with Crippen LogP contribution in [0.15, 0.2) is 96.6 Å². The molecule has 0 spiro atoms. The average molecular weight is 377 g/mol. The Morgan fingerprint density at radius 3 is 2.03 bits per heavy atom. The summed E-state index contributed by atoms with van der Waals surface area (Å²) in [4.78, 5) is 15.1. The van der Waals surface area contributed by atoms with E-state index in [1.54, 1.807) is 0 Å². The zero-order valence-electron chi connectivity index (χ0n) is 16.7. The third-order valence-electron chi connectivity index (χ3n) is 5.07. The van der Waals surface area contributed by atoms with Crippen LogP contribution < -0.4 is 4.90 Å². The van der Waals surface area contributed by atoms with Gasteiger partial charge >= 0.3 is 0 Å². The van der Waals surface area contributed by atoms with E-state index in [1.165, 1.54) is 0 Å². The molecule has 0 aliphatic heterocycles. The molecule has 1 aliphatic rings. The number of allylic oxidation sites excluding steroid dienone is 4. The summed E-state index contributed by atoms with van der Waals surface area (Å²) in [5.74, 6) is 0.0782. The minimum atomic E-state index is 0.0782. The first-order chi connectivity index (χ1) is 14.1. The second kappa shape index (κ2) is 8.15. The standard InChI is InChI=1S/C27H23NO/c1-28(2)22-17-15-21(16-18-22)19-26-23-12-6-7-13-24(23)27(29)25(26)14-8-11-20-9-4-3-5-10-20/h3-19H,1-2H3. The Kier molecular flexibility index (Phi) is 5.26. The van der Waals surface area contributed by atoms with Gasteiger partial charge in [-0.1, -0.05) is 85.0 Å². The number of carbonyl (C=O) groups is 1. The van der Waals surface area contributed by atoms with Crippen LogP contribution in [-0.2, 0) is 0 Å². The fourth-order valence-corrected chi connectivity index (χ4v) is 3.50. The average Bonchev–Trinajstić information content (AvgIpc) is 3.01. The van der Waals surface area contributed by atoms with Gasteiger partial charge < -0.3 is 4.90 Å². The van der Waals surface area contributed by atoms with E-state index in [1.807, 2.05) is 86.9 Å². The normalized spacial score (nSPS) is 16.0. The molecule has 0 bridgehead atoms. The highest BCUT2D eigenvalue weighted by Crippen LogP contribution is 2.38. The summed E-state index contributed by atoms with van der Waals surface area (Å²) in [5.41, 5.74) is 6.80. The molecule has 0 atom stereocenters. The summed E-state index contributed by atoms with van der Waals surface area (Å²) in [5, 5.41) is 0. The third-order valence-corrected chi connectivity index (χ3v) is 5.07. The molecule has 3 aromatic carbocycles. The van der Waals surface area contributed by atoms with E-state index in [0.29, 0.717) is 0 Å². The molecule has 0 unspecified atom stereocenters. The third kappa shape index (κ3) is 3.97. The fraction of sp³-hybridized carbons (Fsp3) is 0.0741. The van der Waals surface area contributed by atoms with Gasteiger partial charge in [-0.2, -0.15) is 0 Å². The monoisotopic (exact) mass is 377 g/mol. The molecule has 1 aliphatic carbocycles. The zero-order valence-corrected chi connectivity index (χ0v) is 16.7. The van der Waals surface area contributed by atoms with Crippen LogP contribution in [0.1, 0.15) is 27.0 Å². The molecule has 0 saturated heterocycles. The first-order valence-corrected chi connectivity index (χ1v) is 9.70. The van der Waals surface area contributed by atoms with Gasteiger partial charge in [0.2, 0.25) is 0 Å². The Labute approximate surface area is 172 Å². The number of hydrogen-bond donors (Lipinski definition) is 0.